The minimum Gasteiger partial charge on any atom is -0.222 e. The van der Waals surface area contributed by atoms with Gasteiger partial charge in [0.15, 0.2) is 23.3 Å². The molecule has 0 saturated carbocycles. The SMILES string of the molecule is Cc1cc(-n2cc(C)cn2)nc(-n2cc(C)cn2)c1.Cc1cc(-n2cc(C)cn2)nc(-n2cc(C)cn2)c1.[Co+2]. The summed E-state index contributed by atoms with van der Waals surface area (Å²) < 4.78 is 7.12. The van der Waals surface area contributed by atoms with Crippen LogP contribution in [-0.4, -0.2) is 49.1 Å². The van der Waals surface area contributed by atoms with Gasteiger partial charge < -0.3 is 0 Å². The number of aryl methyl sites for hydroxylation is 6. The molecule has 11 heteroatoms. The average molecular weight is 566 g/mol. The molecule has 0 aliphatic rings. The van der Waals surface area contributed by atoms with Crippen LogP contribution >= 0.6 is 0 Å². The van der Waals surface area contributed by atoms with Crippen LogP contribution in [0.4, 0.5) is 0 Å². The molecule has 0 saturated heterocycles. The van der Waals surface area contributed by atoms with E-state index < -0.39 is 0 Å². The fraction of sp³-hybridized carbons (Fsp3) is 0.214. The first-order valence-electron chi connectivity index (χ1n) is 12.3. The molecule has 0 atom stereocenters. The molecule has 6 aromatic heterocycles. The molecule has 0 spiro atoms. The van der Waals surface area contributed by atoms with Crippen molar-refractivity contribution in [1.29, 1.82) is 0 Å². The second kappa shape index (κ2) is 11.6. The van der Waals surface area contributed by atoms with E-state index in [9.17, 15) is 0 Å². The van der Waals surface area contributed by atoms with Gasteiger partial charge in [-0.1, -0.05) is 0 Å². The number of rotatable bonds is 4. The number of nitrogens with zero attached hydrogens (tertiary/aromatic N) is 10. The van der Waals surface area contributed by atoms with Crippen LogP contribution < -0.4 is 0 Å². The van der Waals surface area contributed by atoms with E-state index in [1.54, 1.807) is 18.7 Å². The van der Waals surface area contributed by atoms with Gasteiger partial charge in [-0.05, 0) is 99.2 Å². The number of pyridine rings is 2. The van der Waals surface area contributed by atoms with E-state index >= 15 is 0 Å². The van der Waals surface area contributed by atoms with Crippen LogP contribution in [0.5, 0.6) is 0 Å². The third kappa shape index (κ3) is 6.56. The smallest absolute Gasteiger partial charge is 0.222 e. The summed E-state index contributed by atoms with van der Waals surface area (Å²) in [6.45, 7) is 12.1. The van der Waals surface area contributed by atoms with Crippen molar-refractivity contribution >= 4 is 0 Å². The maximum Gasteiger partial charge on any atom is 2.00 e. The third-order valence-electron chi connectivity index (χ3n) is 5.67. The summed E-state index contributed by atoms with van der Waals surface area (Å²) in [4.78, 5) is 9.20. The van der Waals surface area contributed by atoms with Crippen molar-refractivity contribution in [2.45, 2.75) is 41.5 Å². The van der Waals surface area contributed by atoms with Gasteiger partial charge in [0, 0.05) is 24.8 Å². The molecule has 0 amide bonds. The van der Waals surface area contributed by atoms with Crippen molar-refractivity contribution in [3.05, 3.63) is 107 Å². The summed E-state index contributed by atoms with van der Waals surface area (Å²) in [7, 11) is 0. The molecule has 10 nitrogen and oxygen atoms in total. The molecule has 1 radical (unpaired) electrons. The Balaban J connectivity index is 0.000000176. The molecule has 6 rings (SSSR count). The fourth-order valence-corrected chi connectivity index (χ4v) is 3.88. The zero-order valence-corrected chi connectivity index (χ0v) is 23.8. The Hall–Kier alpha value is -4.35. The molecule has 39 heavy (non-hydrogen) atoms. The number of hydrogen-bond acceptors (Lipinski definition) is 6. The minimum atomic E-state index is 0. The Morgan fingerprint density at radius 1 is 0.385 bits per heavy atom. The van der Waals surface area contributed by atoms with Gasteiger partial charge in [-0.15, -0.1) is 0 Å². The standard InChI is InChI=1S/2C14H15N5.Co/c2*1-10-4-13(18-8-11(2)6-15-18)17-14(5-10)19-9-12(3)7-16-19;/h2*4-9H,1-3H3;/q;;+2. The topological polar surface area (TPSA) is 97.1 Å². The van der Waals surface area contributed by atoms with Gasteiger partial charge in [0.1, 0.15) is 0 Å². The molecular weight excluding hydrogens is 535 g/mol. The van der Waals surface area contributed by atoms with Crippen LogP contribution in [0.2, 0.25) is 0 Å². The van der Waals surface area contributed by atoms with Crippen LogP contribution in [0, 0.1) is 41.5 Å². The first kappa shape index (κ1) is 27.7. The second-order valence-electron chi connectivity index (χ2n) is 9.57. The minimum absolute atomic E-state index is 0. The Morgan fingerprint density at radius 2 is 0.615 bits per heavy atom. The van der Waals surface area contributed by atoms with E-state index in [-0.39, 0.29) is 16.8 Å². The molecular formula is C28H30CoN10+2. The van der Waals surface area contributed by atoms with Crippen molar-refractivity contribution in [2.24, 2.45) is 0 Å². The normalized spacial score (nSPS) is 10.6. The van der Waals surface area contributed by atoms with Crippen molar-refractivity contribution < 1.29 is 16.8 Å². The molecule has 6 heterocycles. The van der Waals surface area contributed by atoms with Crippen LogP contribution in [0.15, 0.2) is 73.8 Å². The molecule has 0 aromatic carbocycles. The van der Waals surface area contributed by atoms with E-state index in [1.165, 1.54) is 0 Å². The third-order valence-corrected chi connectivity index (χ3v) is 5.67. The second-order valence-corrected chi connectivity index (χ2v) is 9.57. The summed E-state index contributed by atoms with van der Waals surface area (Å²) in [6.07, 6.45) is 15.1. The van der Waals surface area contributed by atoms with Crippen LogP contribution in [-0.2, 0) is 16.8 Å². The van der Waals surface area contributed by atoms with Crippen molar-refractivity contribution in [3.8, 4) is 23.3 Å². The van der Waals surface area contributed by atoms with Crippen molar-refractivity contribution in [3.63, 3.8) is 0 Å². The summed E-state index contributed by atoms with van der Waals surface area (Å²) >= 11 is 0. The molecule has 0 bridgehead atoms. The zero-order chi connectivity index (χ0) is 26.8. The number of aromatic nitrogens is 10. The summed E-state index contributed by atoms with van der Waals surface area (Å²) in [6, 6.07) is 8.02. The number of hydrogen-bond donors (Lipinski definition) is 0. The average Bonchev–Trinajstić information content (AvgIpc) is 3.68. The van der Waals surface area contributed by atoms with Gasteiger partial charge in [-0.2, -0.15) is 20.4 Å². The summed E-state index contributed by atoms with van der Waals surface area (Å²) in [5, 5.41) is 17.2. The molecule has 0 N–H and O–H groups in total. The van der Waals surface area contributed by atoms with E-state index in [0.29, 0.717) is 0 Å². The molecule has 199 valence electrons. The quantitative estimate of drug-likeness (QED) is 0.306. The van der Waals surface area contributed by atoms with E-state index in [1.807, 2.05) is 115 Å². The van der Waals surface area contributed by atoms with Crippen molar-refractivity contribution in [1.82, 2.24) is 49.1 Å². The predicted octanol–water partition coefficient (Wildman–Crippen LogP) is 4.75. The molecule has 0 unspecified atom stereocenters. The fourth-order valence-electron chi connectivity index (χ4n) is 3.88. The van der Waals surface area contributed by atoms with Gasteiger partial charge in [-0.25, -0.2) is 28.7 Å². The summed E-state index contributed by atoms with van der Waals surface area (Å²) in [5.41, 5.74) is 6.70. The van der Waals surface area contributed by atoms with Gasteiger partial charge in [0.05, 0.1) is 24.8 Å². The van der Waals surface area contributed by atoms with E-state index in [0.717, 1.165) is 56.7 Å². The monoisotopic (exact) mass is 565 g/mol. The van der Waals surface area contributed by atoms with Gasteiger partial charge >= 0.3 is 16.8 Å². The maximum absolute atomic E-state index is 4.60. The van der Waals surface area contributed by atoms with Crippen LogP contribution in [0.3, 0.4) is 0 Å². The molecule has 6 aromatic rings. The molecule has 0 aliphatic carbocycles. The Morgan fingerprint density at radius 3 is 0.795 bits per heavy atom. The predicted molar refractivity (Wildman–Crippen MR) is 145 cm³/mol. The van der Waals surface area contributed by atoms with E-state index in [4.69, 9.17) is 0 Å². The molecule has 0 aliphatic heterocycles. The first-order valence-corrected chi connectivity index (χ1v) is 12.3. The Bertz CT molecular complexity index is 1460. The Kier molecular flexibility index (Phi) is 8.22. The maximum atomic E-state index is 4.60. The van der Waals surface area contributed by atoms with Crippen molar-refractivity contribution in [2.75, 3.05) is 0 Å². The zero-order valence-electron chi connectivity index (χ0n) is 22.7. The largest absolute Gasteiger partial charge is 2.00 e. The van der Waals surface area contributed by atoms with Gasteiger partial charge in [0.25, 0.3) is 0 Å². The van der Waals surface area contributed by atoms with E-state index in [2.05, 4.69) is 30.4 Å². The first-order chi connectivity index (χ1) is 18.2. The van der Waals surface area contributed by atoms with Gasteiger partial charge in [0.2, 0.25) is 0 Å². The Labute approximate surface area is 237 Å². The summed E-state index contributed by atoms with van der Waals surface area (Å²) in [5.74, 6) is 3.21. The van der Waals surface area contributed by atoms with Gasteiger partial charge in [-0.3, -0.25) is 0 Å². The van der Waals surface area contributed by atoms with Crippen LogP contribution in [0.1, 0.15) is 33.4 Å². The molecule has 0 fully saturated rings. The van der Waals surface area contributed by atoms with Crippen LogP contribution in [0.25, 0.3) is 23.3 Å².